The summed E-state index contributed by atoms with van der Waals surface area (Å²) >= 11 is 0. The van der Waals surface area contributed by atoms with Crippen molar-refractivity contribution in [2.75, 3.05) is 55.8 Å². The molecule has 5 atom stereocenters. The number of hydrogen-bond donors (Lipinski definition) is 1. The second kappa shape index (κ2) is 9.26. The predicted molar refractivity (Wildman–Crippen MR) is 128 cm³/mol. The quantitative estimate of drug-likeness (QED) is 0.474. The molecule has 0 amide bonds. The van der Waals surface area contributed by atoms with E-state index in [9.17, 15) is 5.11 Å². The van der Waals surface area contributed by atoms with Crippen LogP contribution in [0.15, 0.2) is 48.5 Å². The van der Waals surface area contributed by atoms with Gasteiger partial charge in [-0.25, -0.2) is 0 Å². The molecule has 0 aromatic heterocycles. The van der Waals surface area contributed by atoms with Crippen molar-refractivity contribution >= 4 is 11.4 Å². The third-order valence-corrected chi connectivity index (χ3v) is 7.15. The maximum atomic E-state index is 9.65. The molecule has 4 aliphatic rings. The van der Waals surface area contributed by atoms with Crippen LogP contribution in [0.2, 0.25) is 0 Å². The average molecular weight is 451 g/mol. The summed E-state index contributed by atoms with van der Waals surface area (Å²) in [6, 6.07) is 17.9. The van der Waals surface area contributed by atoms with Gasteiger partial charge < -0.3 is 29.1 Å². The highest BCUT2D eigenvalue weighted by Gasteiger charge is 2.35. The molecule has 1 saturated carbocycles. The number of hydrogen-bond acceptors (Lipinski definition) is 6. The zero-order valence-electron chi connectivity index (χ0n) is 19.1. The molecule has 3 aliphatic heterocycles. The van der Waals surface area contributed by atoms with Crippen LogP contribution in [-0.2, 0) is 20.6 Å². The van der Waals surface area contributed by atoms with Crippen LogP contribution in [-0.4, -0.2) is 75.5 Å². The van der Waals surface area contributed by atoms with Gasteiger partial charge in [-0.1, -0.05) is 24.3 Å². The molecule has 6 rings (SSSR count). The van der Waals surface area contributed by atoms with E-state index in [1.807, 2.05) is 0 Å². The van der Waals surface area contributed by atoms with E-state index < -0.39 is 0 Å². The van der Waals surface area contributed by atoms with Crippen LogP contribution < -0.4 is 9.80 Å². The maximum absolute atomic E-state index is 9.65. The highest BCUT2D eigenvalue weighted by molar-refractivity contribution is 5.51. The molecule has 4 fully saturated rings. The van der Waals surface area contributed by atoms with E-state index in [1.165, 1.54) is 22.5 Å². The van der Waals surface area contributed by atoms with Crippen LogP contribution in [0.1, 0.15) is 24.0 Å². The number of anilines is 2. The van der Waals surface area contributed by atoms with Crippen LogP contribution >= 0.6 is 0 Å². The Morgan fingerprint density at radius 3 is 1.55 bits per heavy atom. The lowest BCUT2D eigenvalue weighted by Crippen LogP contribution is -2.31. The summed E-state index contributed by atoms with van der Waals surface area (Å²) in [5, 5.41) is 9.65. The summed E-state index contributed by atoms with van der Waals surface area (Å²) in [6.45, 7) is 6.45. The lowest BCUT2D eigenvalue weighted by molar-refractivity contribution is 0.257. The van der Waals surface area contributed by atoms with Crippen molar-refractivity contribution in [2.45, 2.75) is 43.7 Å². The number of epoxide rings is 3. The van der Waals surface area contributed by atoms with Gasteiger partial charge in [0.2, 0.25) is 0 Å². The summed E-state index contributed by atoms with van der Waals surface area (Å²) in [5.41, 5.74) is 5.14. The number of aliphatic hydroxyl groups excluding tert-OH is 1. The maximum Gasteiger partial charge on any atom is 0.0984 e. The number of ether oxygens (including phenoxy) is 3. The van der Waals surface area contributed by atoms with Crippen molar-refractivity contribution in [3.63, 3.8) is 0 Å². The minimum Gasteiger partial charge on any atom is -0.393 e. The minimum atomic E-state index is -0.0750. The van der Waals surface area contributed by atoms with Crippen molar-refractivity contribution in [3.05, 3.63) is 59.7 Å². The van der Waals surface area contributed by atoms with Gasteiger partial charge in [0.1, 0.15) is 0 Å². The lowest BCUT2D eigenvalue weighted by Gasteiger charge is -2.24. The first-order valence-corrected chi connectivity index (χ1v) is 12.4. The van der Waals surface area contributed by atoms with Gasteiger partial charge in [0.25, 0.3) is 0 Å². The van der Waals surface area contributed by atoms with E-state index in [-0.39, 0.29) is 6.10 Å². The second-order valence-corrected chi connectivity index (χ2v) is 10.1. The fraction of sp³-hybridized carbons (Fsp3) is 0.556. The minimum absolute atomic E-state index is 0.0750. The second-order valence-electron chi connectivity index (χ2n) is 10.1. The number of benzene rings is 2. The molecule has 0 bridgehead atoms. The molecule has 6 nitrogen and oxygen atoms in total. The number of aliphatic hydroxyl groups is 1. The summed E-state index contributed by atoms with van der Waals surface area (Å²) < 4.78 is 16.4. The zero-order valence-corrected chi connectivity index (χ0v) is 19.1. The molecule has 2 aromatic carbocycles. The summed E-state index contributed by atoms with van der Waals surface area (Å²) in [4.78, 5) is 4.82. The molecule has 0 radical (unpaired) electrons. The molecule has 33 heavy (non-hydrogen) atoms. The predicted octanol–water partition coefficient (Wildman–Crippen LogP) is 2.86. The average Bonchev–Trinajstić information content (AvgIpc) is 3.65. The Hall–Kier alpha value is -2.12. The van der Waals surface area contributed by atoms with Crippen LogP contribution in [0, 0.1) is 5.92 Å². The molecule has 6 heteroatoms. The van der Waals surface area contributed by atoms with Gasteiger partial charge in [0.05, 0.1) is 44.2 Å². The van der Waals surface area contributed by atoms with Crippen molar-refractivity contribution in [2.24, 2.45) is 5.92 Å². The van der Waals surface area contributed by atoms with Gasteiger partial charge in [-0.05, 0) is 60.6 Å². The molecular formula is C27H34N2O4. The number of nitrogens with zero attached hydrogens (tertiary/aromatic N) is 2. The Balaban J connectivity index is 1.07. The molecule has 3 heterocycles. The molecule has 2 aromatic rings. The van der Waals surface area contributed by atoms with Gasteiger partial charge in [0.15, 0.2) is 0 Å². The van der Waals surface area contributed by atoms with Crippen LogP contribution in [0.3, 0.4) is 0 Å². The largest absolute Gasteiger partial charge is 0.393 e. The first-order valence-electron chi connectivity index (χ1n) is 12.4. The Labute approximate surface area is 196 Å². The fourth-order valence-corrected chi connectivity index (χ4v) is 4.62. The van der Waals surface area contributed by atoms with Crippen molar-refractivity contribution < 1.29 is 19.3 Å². The van der Waals surface area contributed by atoms with Crippen molar-refractivity contribution in [3.8, 4) is 0 Å². The Bertz CT molecular complexity index is 908. The van der Waals surface area contributed by atoms with E-state index in [2.05, 4.69) is 58.3 Å². The molecule has 3 saturated heterocycles. The Morgan fingerprint density at radius 2 is 1.12 bits per heavy atom. The molecular weight excluding hydrogens is 416 g/mol. The standard InChI is InChI=1S/C27H34N2O4/c30-27-12-21(27)9-10-28(13-24-16-31-24)22-5-1-19(2-6-22)11-20-3-7-23(8-4-20)29(14-25-17-32-25)15-26-18-33-26/h1-8,21,24-27,30H,9-18H2. The van der Waals surface area contributed by atoms with Gasteiger partial charge in [-0.3, -0.25) is 0 Å². The molecule has 1 aliphatic carbocycles. The number of rotatable bonds is 13. The van der Waals surface area contributed by atoms with Gasteiger partial charge in [0, 0.05) is 37.6 Å². The highest BCUT2D eigenvalue weighted by Crippen LogP contribution is 2.34. The monoisotopic (exact) mass is 450 g/mol. The van der Waals surface area contributed by atoms with Crippen molar-refractivity contribution in [1.82, 2.24) is 0 Å². The summed E-state index contributed by atoms with van der Waals surface area (Å²) in [7, 11) is 0. The smallest absolute Gasteiger partial charge is 0.0984 e. The zero-order chi connectivity index (χ0) is 22.2. The Kier molecular flexibility index (Phi) is 6.01. The van der Waals surface area contributed by atoms with E-state index >= 15 is 0 Å². The topological polar surface area (TPSA) is 64.3 Å². The third kappa shape index (κ3) is 6.07. The molecule has 5 unspecified atom stereocenters. The van der Waals surface area contributed by atoms with E-state index in [0.29, 0.717) is 24.2 Å². The van der Waals surface area contributed by atoms with Crippen LogP contribution in [0.5, 0.6) is 0 Å². The van der Waals surface area contributed by atoms with Crippen LogP contribution in [0.4, 0.5) is 11.4 Å². The SMILES string of the molecule is OC1CC1CCN(CC1CO1)c1ccc(Cc2ccc(N(CC3CO3)CC3CO3)cc2)cc1. The van der Waals surface area contributed by atoms with E-state index in [4.69, 9.17) is 14.2 Å². The summed E-state index contributed by atoms with van der Waals surface area (Å²) in [5.74, 6) is 0.486. The van der Waals surface area contributed by atoms with Crippen LogP contribution in [0.25, 0.3) is 0 Å². The Morgan fingerprint density at radius 1 is 0.697 bits per heavy atom. The van der Waals surface area contributed by atoms with Crippen molar-refractivity contribution in [1.29, 1.82) is 0 Å². The fourth-order valence-electron chi connectivity index (χ4n) is 4.62. The van der Waals surface area contributed by atoms with E-state index in [1.54, 1.807) is 0 Å². The van der Waals surface area contributed by atoms with E-state index in [0.717, 1.165) is 65.3 Å². The molecule has 1 N–H and O–H groups in total. The normalized spacial score (nSPS) is 28.9. The first-order chi connectivity index (χ1) is 16.2. The van der Waals surface area contributed by atoms with Gasteiger partial charge in [-0.15, -0.1) is 0 Å². The van der Waals surface area contributed by atoms with Gasteiger partial charge >= 0.3 is 0 Å². The molecule has 176 valence electrons. The highest BCUT2D eigenvalue weighted by atomic mass is 16.6. The molecule has 0 spiro atoms. The lowest BCUT2D eigenvalue weighted by atomic mass is 10.0. The first kappa shape index (κ1) is 21.4. The third-order valence-electron chi connectivity index (χ3n) is 7.15. The summed E-state index contributed by atoms with van der Waals surface area (Å²) in [6.07, 6.45) is 3.99. The van der Waals surface area contributed by atoms with Gasteiger partial charge in [-0.2, -0.15) is 0 Å².